The van der Waals surface area contributed by atoms with Crippen molar-refractivity contribution in [2.75, 3.05) is 18.5 Å². The van der Waals surface area contributed by atoms with Crippen LogP contribution in [0.3, 0.4) is 0 Å². The van der Waals surface area contributed by atoms with Crippen molar-refractivity contribution >= 4 is 46.7 Å². The van der Waals surface area contributed by atoms with Gasteiger partial charge >= 0.3 is 5.97 Å². The number of anilines is 1. The molecule has 0 saturated carbocycles. The van der Waals surface area contributed by atoms with Crippen LogP contribution in [0, 0.1) is 11.3 Å². The maximum absolute atomic E-state index is 11.9. The molecule has 0 spiro atoms. The van der Waals surface area contributed by atoms with Gasteiger partial charge in [-0.25, -0.2) is 0 Å². The van der Waals surface area contributed by atoms with Crippen molar-refractivity contribution in [2.24, 2.45) is 0 Å². The number of esters is 1. The van der Waals surface area contributed by atoms with Gasteiger partial charge in [0, 0.05) is 11.3 Å². The number of carbonyl (C=O) groups excluding carboxylic acids is 3. The maximum Gasteiger partial charge on any atom is 0.325 e. The Bertz CT molecular complexity index is 908. The molecular weight excluding hydrogens is 393 g/mol. The number of nitrogens with zero attached hydrogens (tertiary/aromatic N) is 1. The summed E-state index contributed by atoms with van der Waals surface area (Å²) in [5.41, 5.74) is 1.15. The van der Waals surface area contributed by atoms with E-state index in [9.17, 15) is 14.4 Å². The topological polar surface area (TPSA) is 108 Å². The molecule has 2 N–H and O–H groups in total. The summed E-state index contributed by atoms with van der Waals surface area (Å²) >= 11 is 11.6. The number of halogens is 2. The second kappa shape index (κ2) is 9.57. The van der Waals surface area contributed by atoms with Crippen molar-refractivity contribution in [3.8, 4) is 6.07 Å². The number of rotatable bonds is 6. The summed E-state index contributed by atoms with van der Waals surface area (Å²) < 4.78 is 4.78. The summed E-state index contributed by atoms with van der Waals surface area (Å²) in [5.74, 6) is -1.87. The van der Waals surface area contributed by atoms with Gasteiger partial charge in [0.25, 0.3) is 11.8 Å². The molecule has 0 aliphatic rings. The highest BCUT2D eigenvalue weighted by molar-refractivity contribution is 6.42. The lowest BCUT2D eigenvalue weighted by Gasteiger charge is -2.08. The average Bonchev–Trinajstić information content (AvgIpc) is 2.67. The molecule has 0 radical (unpaired) electrons. The van der Waals surface area contributed by atoms with Crippen molar-refractivity contribution in [1.29, 1.82) is 5.26 Å². The molecule has 2 amide bonds. The molecule has 0 unspecified atom stereocenters. The van der Waals surface area contributed by atoms with Gasteiger partial charge in [0.2, 0.25) is 0 Å². The third-order valence-corrected chi connectivity index (χ3v) is 3.98. The molecule has 9 heteroatoms. The molecule has 0 bridgehead atoms. The maximum atomic E-state index is 11.9. The zero-order valence-corrected chi connectivity index (χ0v) is 15.3. The minimum Gasteiger partial charge on any atom is -0.454 e. The van der Waals surface area contributed by atoms with Crippen LogP contribution in [0.4, 0.5) is 5.69 Å². The van der Waals surface area contributed by atoms with Crippen LogP contribution >= 0.6 is 23.2 Å². The first-order valence-electron chi connectivity index (χ1n) is 7.58. The van der Waals surface area contributed by atoms with E-state index in [1.165, 1.54) is 18.2 Å². The van der Waals surface area contributed by atoms with Gasteiger partial charge in [0.05, 0.1) is 21.7 Å². The van der Waals surface area contributed by atoms with Gasteiger partial charge in [-0.15, -0.1) is 0 Å². The molecule has 2 rings (SSSR count). The lowest BCUT2D eigenvalue weighted by Crippen LogP contribution is -2.32. The van der Waals surface area contributed by atoms with E-state index in [1.807, 2.05) is 6.07 Å². The van der Waals surface area contributed by atoms with Gasteiger partial charge in [0.15, 0.2) is 6.61 Å². The van der Waals surface area contributed by atoms with E-state index in [4.69, 9.17) is 33.2 Å². The molecule has 0 heterocycles. The highest BCUT2D eigenvalue weighted by Crippen LogP contribution is 2.22. The van der Waals surface area contributed by atoms with Gasteiger partial charge in [-0.2, -0.15) is 5.26 Å². The van der Waals surface area contributed by atoms with Crippen molar-refractivity contribution in [1.82, 2.24) is 5.32 Å². The molecule has 0 aromatic heterocycles. The summed E-state index contributed by atoms with van der Waals surface area (Å²) in [7, 11) is 0. The first-order valence-corrected chi connectivity index (χ1v) is 8.33. The molecule has 27 heavy (non-hydrogen) atoms. The van der Waals surface area contributed by atoms with Crippen LogP contribution in [-0.4, -0.2) is 30.9 Å². The Morgan fingerprint density at radius 2 is 1.74 bits per heavy atom. The van der Waals surface area contributed by atoms with E-state index in [2.05, 4.69) is 10.6 Å². The Morgan fingerprint density at radius 3 is 2.37 bits per heavy atom. The van der Waals surface area contributed by atoms with Crippen LogP contribution in [0.25, 0.3) is 0 Å². The van der Waals surface area contributed by atoms with Crippen molar-refractivity contribution in [3.05, 3.63) is 63.6 Å². The number of amides is 2. The van der Waals surface area contributed by atoms with E-state index >= 15 is 0 Å². The molecule has 0 aliphatic carbocycles. The van der Waals surface area contributed by atoms with Gasteiger partial charge in [-0.3, -0.25) is 14.4 Å². The van der Waals surface area contributed by atoms with Gasteiger partial charge in [-0.05, 0) is 42.5 Å². The van der Waals surface area contributed by atoms with E-state index in [0.717, 1.165) is 0 Å². The highest BCUT2D eigenvalue weighted by atomic mass is 35.5. The third kappa shape index (κ3) is 6.29. The number of hydrogen-bond donors (Lipinski definition) is 2. The molecule has 2 aromatic carbocycles. The summed E-state index contributed by atoms with van der Waals surface area (Å²) in [4.78, 5) is 35.3. The molecule has 2 aromatic rings. The fourth-order valence-electron chi connectivity index (χ4n) is 1.91. The van der Waals surface area contributed by atoms with Crippen LogP contribution in [0.2, 0.25) is 10.0 Å². The zero-order chi connectivity index (χ0) is 19.8. The number of hydrogen-bond acceptors (Lipinski definition) is 5. The SMILES string of the molecule is N#Cc1ccc(NC(=O)COC(=O)CNC(=O)c2ccc(Cl)c(Cl)c2)cc1. The Balaban J connectivity index is 1.74. The van der Waals surface area contributed by atoms with Crippen LogP contribution in [0.1, 0.15) is 15.9 Å². The largest absolute Gasteiger partial charge is 0.454 e. The van der Waals surface area contributed by atoms with Crippen molar-refractivity contribution in [3.63, 3.8) is 0 Å². The smallest absolute Gasteiger partial charge is 0.325 e. The molecule has 0 fully saturated rings. The average molecular weight is 406 g/mol. The van der Waals surface area contributed by atoms with Crippen LogP contribution < -0.4 is 10.6 Å². The zero-order valence-electron chi connectivity index (χ0n) is 13.8. The van der Waals surface area contributed by atoms with E-state index in [1.54, 1.807) is 24.3 Å². The predicted octanol–water partition coefficient (Wildman–Crippen LogP) is 2.78. The Labute approximate surface area is 164 Å². The second-order valence-electron chi connectivity index (χ2n) is 5.21. The number of nitriles is 1. The minimum atomic E-state index is -0.779. The standard InChI is InChI=1S/C18H13Cl2N3O4/c19-14-6-3-12(7-15(14)20)18(26)22-9-17(25)27-10-16(24)23-13-4-1-11(8-21)2-5-13/h1-7H,9-10H2,(H,22,26)(H,23,24). The predicted molar refractivity (Wildman–Crippen MR) is 99.5 cm³/mol. The van der Waals surface area contributed by atoms with Crippen LogP contribution in [-0.2, 0) is 14.3 Å². The number of carbonyl (C=O) groups is 3. The van der Waals surface area contributed by atoms with Crippen molar-refractivity contribution in [2.45, 2.75) is 0 Å². The van der Waals surface area contributed by atoms with E-state index in [-0.39, 0.29) is 10.6 Å². The van der Waals surface area contributed by atoms with E-state index < -0.39 is 30.9 Å². The third-order valence-electron chi connectivity index (χ3n) is 3.24. The number of benzene rings is 2. The molecule has 0 atom stereocenters. The Hall–Kier alpha value is -3.08. The van der Waals surface area contributed by atoms with Gasteiger partial charge in [0.1, 0.15) is 6.54 Å². The lowest BCUT2D eigenvalue weighted by molar-refractivity contribution is -0.146. The highest BCUT2D eigenvalue weighted by Gasteiger charge is 2.12. The lowest BCUT2D eigenvalue weighted by atomic mass is 10.2. The summed E-state index contributed by atoms with van der Waals surface area (Å²) in [6.45, 7) is -0.926. The molecule has 0 aliphatic heterocycles. The molecular formula is C18H13Cl2N3O4. The molecule has 0 saturated heterocycles. The monoisotopic (exact) mass is 405 g/mol. The van der Waals surface area contributed by atoms with Gasteiger partial charge < -0.3 is 15.4 Å². The summed E-state index contributed by atoms with van der Waals surface area (Å²) in [6.07, 6.45) is 0. The van der Waals surface area contributed by atoms with Crippen LogP contribution in [0.15, 0.2) is 42.5 Å². The van der Waals surface area contributed by atoms with Crippen LogP contribution in [0.5, 0.6) is 0 Å². The minimum absolute atomic E-state index is 0.214. The summed E-state index contributed by atoms with van der Waals surface area (Å²) in [5, 5.41) is 14.1. The second-order valence-corrected chi connectivity index (χ2v) is 6.02. The normalized spacial score (nSPS) is 9.81. The molecule has 7 nitrogen and oxygen atoms in total. The van der Waals surface area contributed by atoms with Crippen molar-refractivity contribution < 1.29 is 19.1 Å². The fraction of sp³-hybridized carbons (Fsp3) is 0.111. The fourth-order valence-corrected chi connectivity index (χ4v) is 2.21. The first-order chi connectivity index (χ1) is 12.9. The number of ether oxygens (including phenoxy) is 1. The quantitative estimate of drug-likeness (QED) is 0.718. The molecule has 138 valence electrons. The van der Waals surface area contributed by atoms with E-state index in [0.29, 0.717) is 16.3 Å². The van der Waals surface area contributed by atoms with Gasteiger partial charge in [-0.1, -0.05) is 23.2 Å². The Kier molecular flexibility index (Phi) is 7.17. The number of nitrogens with one attached hydrogen (secondary N) is 2. The Morgan fingerprint density at radius 1 is 1.04 bits per heavy atom. The summed E-state index contributed by atoms with van der Waals surface area (Å²) in [6, 6.07) is 12.4. The first kappa shape index (κ1) is 20.2.